The molecule has 110 valence electrons. The van der Waals surface area contributed by atoms with Gasteiger partial charge in [-0.1, -0.05) is 29.3 Å². The molecule has 4 nitrogen and oxygen atoms in total. The van der Waals surface area contributed by atoms with E-state index in [-0.39, 0.29) is 0 Å². The van der Waals surface area contributed by atoms with Gasteiger partial charge in [0.15, 0.2) is 0 Å². The third-order valence-electron chi connectivity index (χ3n) is 3.25. The van der Waals surface area contributed by atoms with E-state index in [0.717, 1.165) is 11.3 Å². The van der Waals surface area contributed by atoms with Crippen molar-refractivity contribution in [3.05, 3.63) is 52.5 Å². The van der Waals surface area contributed by atoms with E-state index in [2.05, 4.69) is 0 Å². The third-order valence-corrected chi connectivity index (χ3v) is 3.54. The van der Waals surface area contributed by atoms with Crippen LogP contribution in [0.3, 0.4) is 0 Å². The number of carbonyl (C=O) groups is 1. The number of benzene rings is 2. The van der Waals surface area contributed by atoms with Crippen LogP contribution in [0.25, 0.3) is 0 Å². The number of halogens is 1. The van der Waals surface area contributed by atoms with Crippen LogP contribution in [-0.2, 0) is 4.74 Å². The van der Waals surface area contributed by atoms with Crippen molar-refractivity contribution in [2.75, 3.05) is 24.8 Å². The number of hydrogen-bond acceptors (Lipinski definition) is 4. The fourth-order valence-corrected chi connectivity index (χ4v) is 2.48. The average molecular weight is 305 g/mol. The summed E-state index contributed by atoms with van der Waals surface area (Å²) in [5.41, 5.74) is 9.17. The van der Waals surface area contributed by atoms with Gasteiger partial charge in [-0.05, 0) is 31.2 Å². The summed E-state index contributed by atoms with van der Waals surface area (Å²) in [4.78, 5) is 13.8. The summed E-state index contributed by atoms with van der Waals surface area (Å²) in [7, 11) is 3.17. The number of rotatable bonds is 3. The Balaban J connectivity index is 2.56. The van der Waals surface area contributed by atoms with Gasteiger partial charge in [0, 0.05) is 18.4 Å². The molecular weight excluding hydrogens is 288 g/mol. The molecule has 0 spiro atoms. The number of anilines is 3. The van der Waals surface area contributed by atoms with Gasteiger partial charge in [0.25, 0.3) is 0 Å². The SMILES string of the molecule is COC(=O)c1cc(N)cc(Cl)c1N(C)c1ccc(C)cc1. The Kier molecular flexibility index (Phi) is 4.38. The van der Waals surface area contributed by atoms with Crippen LogP contribution in [0.2, 0.25) is 5.02 Å². The standard InChI is InChI=1S/C16H17ClN2O2/c1-10-4-6-12(7-5-10)19(2)15-13(16(20)21-3)8-11(18)9-14(15)17/h4-9H,18H2,1-3H3. The molecule has 0 aliphatic carbocycles. The Labute approximate surface area is 129 Å². The summed E-state index contributed by atoms with van der Waals surface area (Å²) < 4.78 is 4.81. The second-order valence-corrected chi connectivity index (χ2v) is 5.19. The Hall–Kier alpha value is -2.20. The first-order valence-corrected chi connectivity index (χ1v) is 6.79. The summed E-state index contributed by atoms with van der Waals surface area (Å²) >= 11 is 6.28. The maximum absolute atomic E-state index is 12.0. The Morgan fingerprint density at radius 2 is 1.86 bits per heavy atom. The minimum atomic E-state index is -0.474. The zero-order valence-electron chi connectivity index (χ0n) is 12.2. The Morgan fingerprint density at radius 1 is 1.24 bits per heavy atom. The summed E-state index contributed by atoms with van der Waals surface area (Å²) in [5, 5.41) is 0.401. The van der Waals surface area contributed by atoms with Gasteiger partial charge in [-0.3, -0.25) is 0 Å². The van der Waals surface area contributed by atoms with E-state index in [1.807, 2.05) is 43.1 Å². The quantitative estimate of drug-likeness (QED) is 0.692. The van der Waals surface area contributed by atoms with Crippen LogP contribution in [0, 0.1) is 6.92 Å². The molecule has 0 bridgehead atoms. The molecule has 0 radical (unpaired) electrons. The van der Waals surface area contributed by atoms with E-state index in [0.29, 0.717) is 22.0 Å². The zero-order chi connectivity index (χ0) is 15.6. The average Bonchev–Trinajstić information content (AvgIpc) is 2.45. The minimum absolute atomic E-state index is 0.338. The van der Waals surface area contributed by atoms with Gasteiger partial charge in [-0.2, -0.15) is 0 Å². The number of aryl methyl sites for hydroxylation is 1. The first-order chi connectivity index (χ1) is 9.93. The summed E-state index contributed by atoms with van der Waals surface area (Å²) in [6.45, 7) is 2.01. The van der Waals surface area contributed by atoms with Crippen molar-refractivity contribution in [2.45, 2.75) is 6.92 Å². The fourth-order valence-electron chi connectivity index (χ4n) is 2.12. The van der Waals surface area contributed by atoms with Gasteiger partial charge in [-0.15, -0.1) is 0 Å². The smallest absolute Gasteiger partial charge is 0.340 e. The molecule has 0 atom stereocenters. The molecule has 0 aromatic heterocycles. The molecule has 2 aromatic carbocycles. The molecule has 5 heteroatoms. The predicted molar refractivity (Wildman–Crippen MR) is 86.4 cm³/mol. The number of esters is 1. The van der Waals surface area contributed by atoms with Crippen LogP contribution in [-0.4, -0.2) is 20.1 Å². The highest BCUT2D eigenvalue weighted by molar-refractivity contribution is 6.34. The summed E-state index contributed by atoms with van der Waals surface area (Å²) in [6, 6.07) is 11.1. The number of nitrogens with zero attached hydrogens (tertiary/aromatic N) is 1. The Morgan fingerprint density at radius 3 is 2.43 bits per heavy atom. The van der Waals surface area contributed by atoms with Crippen molar-refractivity contribution in [3.63, 3.8) is 0 Å². The number of carbonyl (C=O) groups excluding carboxylic acids is 1. The van der Waals surface area contributed by atoms with Gasteiger partial charge in [0.1, 0.15) is 0 Å². The summed E-state index contributed by atoms with van der Waals surface area (Å²) in [5.74, 6) is -0.474. The van der Waals surface area contributed by atoms with Crippen molar-refractivity contribution in [1.29, 1.82) is 0 Å². The Bertz CT molecular complexity index is 669. The van der Waals surface area contributed by atoms with Crippen molar-refractivity contribution in [2.24, 2.45) is 0 Å². The van der Waals surface area contributed by atoms with E-state index in [4.69, 9.17) is 22.1 Å². The predicted octanol–water partition coefficient (Wildman–Crippen LogP) is 3.79. The van der Waals surface area contributed by atoms with Crippen LogP contribution < -0.4 is 10.6 Å². The molecule has 0 saturated carbocycles. The molecule has 21 heavy (non-hydrogen) atoms. The van der Waals surface area contributed by atoms with E-state index in [1.54, 1.807) is 12.1 Å². The number of ether oxygens (including phenoxy) is 1. The molecular formula is C16H17ClN2O2. The van der Waals surface area contributed by atoms with E-state index in [9.17, 15) is 4.79 Å². The minimum Gasteiger partial charge on any atom is -0.465 e. The lowest BCUT2D eigenvalue weighted by Gasteiger charge is -2.23. The molecule has 2 N–H and O–H groups in total. The van der Waals surface area contributed by atoms with Gasteiger partial charge in [0.05, 0.1) is 23.4 Å². The fraction of sp³-hybridized carbons (Fsp3) is 0.188. The van der Waals surface area contributed by atoms with E-state index >= 15 is 0 Å². The van der Waals surface area contributed by atoms with Crippen LogP contribution in [0.15, 0.2) is 36.4 Å². The molecule has 0 aliphatic heterocycles. The highest BCUT2D eigenvalue weighted by Gasteiger charge is 2.20. The molecule has 0 amide bonds. The highest BCUT2D eigenvalue weighted by atomic mass is 35.5. The monoisotopic (exact) mass is 304 g/mol. The zero-order valence-corrected chi connectivity index (χ0v) is 12.9. The lowest BCUT2D eigenvalue weighted by atomic mass is 10.1. The number of methoxy groups -OCH3 is 1. The second-order valence-electron chi connectivity index (χ2n) is 4.79. The van der Waals surface area contributed by atoms with Crippen molar-refractivity contribution < 1.29 is 9.53 Å². The van der Waals surface area contributed by atoms with Gasteiger partial charge in [-0.25, -0.2) is 4.79 Å². The molecule has 2 aromatic rings. The molecule has 0 fully saturated rings. The first-order valence-electron chi connectivity index (χ1n) is 6.41. The van der Waals surface area contributed by atoms with Crippen molar-refractivity contribution in [1.82, 2.24) is 0 Å². The lowest BCUT2D eigenvalue weighted by molar-refractivity contribution is 0.0601. The largest absolute Gasteiger partial charge is 0.465 e. The maximum Gasteiger partial charge on any atom is 0.340 e. The molecule has 0 unspecified atom stereocenters. The number of hydrogen-bond donors (Lipinski definition) is 1. The summed E-state index contributed by atoms with van der Waals surface area (Å²) in [6.07, 6.45) is 0. The molecule has 2 rings (SSSR count). The van der Waals surface area contributed by atoms with E-state index in [1.165, 1.54) is 7.11 Å². The normalized spacial score (nSPS) is 10.3. The van der Waals surface area contributed by atoms with Crippen LogP contribution >= 0.6 is 11.6 Å². The van der Waals surface area contributed by atoms with Crippen LogP contribution in [0.1, 0.15) is 15.9 Å². The topological polar surface area (TPSA) is 55.6 Å². The molecule has 0 saturated heterocycles. The number of nitrogen functional groups attached to an aromatic ring is 1. The highest BCUT2D eigenvalue weighted by Crippen LogP contribution is 2.36. The van der Waals surface area contributed by atoms with Gasteiger partial charge in [0.2, 0.25) is 0 Å². The van der Waals surface area contributed by atoms with Gasteiger partial charge < -0.3 is 15.4 Å². The number of nitrogens with two attached hydrogens (primary N) is 1. The second kappa shape index (κ2) is 6.06. The van der Waals surface area contributed by atoms with Crippen LogP contribution in [0.5, 0.6) is 0 Å². The van der Waals surface area contributed by atoms with Gasteiger partial charge >= 0.3 is 5.97 Å². The van der Waals surface area contributed by atoms with Crippen molar-refractivity contribution in [3.8, 4) is 0 Å². The van der Waals surface area contributed by atoms with Crippen molar-refractivity contribution >= 4 is 34.6 Å². The molecule has 0 heterocycles. The molecule has 0 aliphatic rings. The maximum atomic E-state index is 12.0. The third kappa shape index (κ3) is 3.11. The lowest BCUT2D eigenvalue weighted by Crippen LogP contribution is -2.16. The van der Waals surface area contributed by atoms with Crippen LogP contribution in [0.4, 0.5) is 17.1 Å². The van der Waals surface area contributed by atoms with E-state index < -0.39 is 5.97 Å². The first kappa shape index (κ1) is 15.2.